The first-order valence-corrected chi connectivity index (χ1v) is 10.1. The van der Waals surface area contributed by atoms with Crippen LogP contribution in [0.4, 0.5) is 0 Å². The summed E-state index contributed by atoms with van der Waals surface area (Å²) in [4.78, 5) is 22.1. The summed E-state index contributed by atoms with van der Waals surface area (Å²) in [5.41, 5.74) is 3.45. The van der Waals surface area contributed by atoms with Gasteiger partial charge in [0.2, 0.25) is 0 Å². The van der Waals surface area contributed by atoms with Crippen LogP contribution in [0.15, 0.2) is 59.7 Å². The second kappa shape index (κ2) is 10.2. The first-order chi connectivity index (χ1) is 14.1. The Labute approximate surface area is 179 Å². The summed E-state index contributed by atoms with van der Waals surface area (Å²) >= 11 is 0. The number of rotatable bonds is 6. The molecular formula is C26H30O4. The molecule has 0 saturated heterocycles. The molecule has 0 radical (unpaired) electrons. The van der Waals surface area contributed by atoms with Gasteiger partial charge < -0.3 is 9.84 Å². The summed E-state index contributed by atoms with van der Waals surface area (Å²) in [5.74, 6) is 5.44. The molecule has 1 aliphatic rings. The van der Waals surface area contributed by atoms with E-state index in [4.69, 9.17) is 9.84 Å². The lowest BCUT2D eigenvalue weighted by atomic mass is 9.67. The van der Waals surface area contributed by atoms with Crippen LogP contribution in [0.5, 0.6) is 0 Å². The molecule has 0 fully saturated rings. The number of aliphatic carboxylic acids is 1. The molecule has 0 saturated carbocycles. The molecule has 1 aromatic carbocycles. The zero-order valence-corrected chi connectivity index (χ0v) is 18.4. The van der Waals surface area contributed by atoms with Gasteiger partial charge in [0.05, 0.1) is 6.10 Å². The van der Waals surface area contributed by atoms with Gasteiger partial charge in [-0.05, 0) is 50.3 Å². The van der Waals surface area contributed by atoms with E-state index in [-0.39, 0.29) is 23.2 Å². The molecule has 1 N–H and O–H groups in total. The van der Waals surface area contributed by atoms with Gasteiger partial charge in [0, 0.05) is 23.1 Å². The first kappa shape index (κ1) is 23.4. The molecule has 0 heterocycles. The number of carboxylic acid groups (broad SMARTS) is 1. The van der Waals surface area contributed by atoms with E-state index in [1.54, 1.807) is 26.0 Å². The van der Waals surface area contributed by atoms with Crippen molar-refractivity contribution in [2.75, 3.05) is 6.61 Å². The number of ether oxygens (including phenoxy) is 1. The Hall–Kier alpha value is -2.90. The van der Waals surface area contributed by atoms with Crippen molar-refractivity contribution in [3.8, 4) is 11.8 Å². The smallest absolute Gasteiger partial charge is 0.328 e. The van der Waals surface area contributed by atoms with Crippen molar-refractivity contribution >= 4 is 11.8 Å². The third kappa shape index (κ3) is 6.86. The minimum absolute atomic E-state index is 0.00491. The number of ketones is 1. The van der Waals surface area contributed by atoms with Crippen molar-refractivity contribution < 1.29 is 19.4 Å². The third-order valence-corrected chi connectivity index (χ3v) is 5.30. The minimum Gasteiger partial charge on any atom is -0.478 e. The predicted molar refractivity (Wildman–Crippen MR) is 119 cm³/mol. The maximum absolute atomic E-state index is 11.3. The van der Waals surface area contributed by atoms with E-state index in [0.717, 1.165) is 17.6 Å². The van der Waals surface area contributed by atoms with E-state index < -0.39 is 5.97 Å². The fourth-order valence-electron chi connectivity index (χ4n) is 3.80. The van der Waals surface area contributed by atoms with Gasteiger partial charge in [-0.2, -0.15) is 0 Å². The molecule has 1 aliphatic carbocycles. The van der Waals surface area contributed by atoms with Gasteiger partial charge in [-0.15, -0.1) is 0 Å². The number of allylic oxidation sites excluding steroid dienone is 4. The highest BCUT2D eigenvalue weighted by atomic mass is 16.5. The van der Waals surface area contributed by atoms with Crippen molar-refractivity contribution in [2.45, 2.75) is 47.1 Å². The molecule has 158 valence electrons. The highest BCUT2D eigenvalue weighted by molar-refractivity contribution is 5.94. The van der Waals surface area contributed by atoms with Crippen LogP contribution in [-0.2, 0) is 9.53 Å². The topological polar surface area (TPSA) is 63.6 Å². The van der Waals surface area contributed by atoms with E-state index in [1.165, 1.54) is 11.6 Å². The number of carbonyl (C=O) groups excluding carboxylic acids is 1. The Morgan fingerprint density at radius 3 is 2.47 bits per heavy atom. The molecule has 0 bridgehead atoms. The monoisotopic (exact) mass is 406 g/mol. The number of Topliss-reactive ketones (excluding diaryl/α,β-unsaturated/α-hetero) is 1. The number of hydrogen-bond acceptors (Lipinski definition) is 3. The number of carbonyl (C=O) groups is 2. The van der Waals surface area contributed by atoms with E-state index >= 15 is 0 Å². The minimum atomic E-state index is -0.934. The average molecular weight is 407 g/mol. The van der Waals surface area contributed by atoms with Gasteiger partial charge >= 0.3 is 5.97 Å². The van der Waals surface area contributed by atoms with Crippen LogP contribution < -0.4 is 0 Å². The number of benzene rings is 1. The standard InChI is InChI=1S/C26H30O4/c1-18(15-25(28)29)8-13-24-19(2)16-23(17-26(24,4)5)30-14-6-7-21-9-11-22(12-10-21)20(3)27/h8-13,15-16,23-24H,14,17H2,1-5H3,(H,28,29)/b13-8+,18-15-/t23-,24+/m1/s1. The highest BCUT2D eigenvalue weighted by Crippen LogP contribution is 2.42. The molecule has 0 unspecified atom stereocenters. The van der Waals surface area contributed by atoms with Gasteiger partial charge in [-0.25, -0.2) is 4.79 Å². The fourth-order valence-corrected chi connectivity index (χ4v) is 3.80. The van der Waals surface area contributed by atoms with Gasteiger partial charge in [-0.1, -0.05) is 61.6 Å². The van der Waals surface area contributed by atoms with Crippen LogP contribution in [0.1, 0.15) is 57.0 Å². The summed E-state index contributed by atoms with van der Waals surface area (Å²) < 4.78 is 5.98. The Morgan fingerprint density at radius 1 is 1.23 bits per heavy atom. The second-order valence-corrected chi connectivity index (χ2v) is 8.45. The van der Waals surface area contributed by atoms with Crippen LogP contribution in [0.25, 0.3) is 0 Å². The van der Waals surface area contributed by atoms with E-state index in [2.05, 4.69) is 44.8 Å². The summed E-state index contributed by atoms with van der Waals surface area (Å²) in [6.45, 7) is 10.2. The summed E-state index contributed by atoms with van der Waals surface area (Å²) in [6, 6.07) is 7.25. The molecule has 1 aromatic rings. The molecule has 0 aliphatic heterocycles. The average Bonchev–Trinajstić information content (AvgIpc) is 2.63. The molecular weight excluding hydrogens is 376 g/mol. The normalized spacial score (nSPS) is 21.0. The van der Waals surface area contributed by atoms with Gasteiger partial charge in [0.15, 0.2) is 5.78 Å². The molecule has 0 amide bonds. The molecule has 30 heavy (non-hydrogen) atoms. The third-order valence-electron chi connectivity index (χ3n) is 5.30. The Bertz CT molecular complexity index is 933. The van der Waals surface area contributed by atoms with Gasteiger partial charge in [0.1, 0.15) is 6.61 Å². The summed E-state index contributed by atoms with van der Waals surface area (Å²) in [7, 11) is 0. The van der Waals surface area contributed by atoms with Crippen LogP contribution in [0.2, 0.25) is 0 Å². The first-order valence-electron chi connectivity index (χ1n) is 10.1. The van der Waals surface area contributed by atoms with Crippen LogP contribution >= 0.6 is 0 Å². The van der Waals surface area contributed by atoms with Crippen LogP contribution in [-0.4, -0.2) is 29.6 Å². The zero-order chi connectivity index (χ0) is 22.3. The maximum atomic E-state index is 11.3. The van der Waals surface area contributed by atoms with Crippen molar-refractivity contribution in [3.63, 3.8) is 0 Å². The van der Waals surface area contributed by atoms with Gasteiger partial charge in [0.25, 0.3) is 0 Å². The van der Waals surface area contributed by atoms with Crippen molar-refractivity contribution in [2.24, 2.45) is 11.3 Å². The molecule has 0 spiro atoms. The van der Waals surface area contributed by atoms with Crippen molar-refractivity contribution in [1.82, 2.24) is 0 Å². The van der Waals surface area contributed by atoms with Crippen LogP contribution in [0, 0.1) is 23.2 Å². The Kier molecular flexibility index (Phi) is 7.97. The molecule has 2 rings (SSSR count). The lowest BCUT2D eigenvalue weighted by Crippen LogP contribution is -2.34. The second-order valence-electron chi connectivity index (χ2n) is 8.45. The number of carboxylic acids is 1. The van der Waals surface area contributed by atoms with E-state index in [9.17, 15) is 9.59 Å². The SMILES string of the molecule is CC(=O)c1ccc(C#CCO[C@@H]2C=C(C)[C@H](/C=C/C(C)=C\C(=O)O)C(C)(C)C2)cc1. The van der Waals surface area contributed by atoms with E-state index in [1.807, 2.05) is 18.2 Å². The Balaban J connectivity index is 1.99. The molecule has 4 nitrogen and oxygen atoms in total. The largest absolute Gasteiger partial charge is 0.478 e. The van der Waals surface area contributed by atoms with Gasteiger partial charge in [-0.3, -0.25) is 4.79 Å². The number of hydrogen-bond donors (Lipinski definition) is 1. The zero-order valence-electron chi connectivity index (χ0n) is 18.4. The summed E-state index contributed by atoms with van der Waals surface area (Å²) in [6.07, 6.45) is 8.16. The summed E-state index contributed by atoms with van der Waals surface area (Å²) in [5, 5.41) is 8.86. The van der Waals surface area contributed by atoms with Crippen molar-refractivity contribution in [1.29, 1.82) is 0 Å². The predicted octanol–water partition coefficient (Wildman–Crippen LogP) is 5.21. The quantitative estimate of drug-likeness (QED) is 0.232. The fraction of sp³-hybridized carbons (Fsp3) is 0.385. The lowest BCUT2D eigenvalue weighted by molar-refractivity contribution is -0.131. The Morgan fingerprint density at radius 2 is 1.90 bits per heavy atom. The molecule has 4 heteroatoms. The van der Waals surface area contributed by atoms with Crippen molar-refractivity contribution in [3.05, 3.63) is 70.8 Å². The van der Waals surface area contributed by atoms with E-state index in [0.29, 0.717) is 12.2 Å². The highest BCUT2D eigenvalue weighted by Gasteiger charge is 2.35. The molecule has 2 atom stereocenters. The maximum Gasteiger partial charge on any atom is 0.328 e. The van der Waals surface area contributed by atoms with Crippen LogP contribution in [0.3, 0.4) is 0 Å². The lowest BCUT2D eigenvalue weighted by Gasteiger charge is -2.40. The molecule has 0 aromatic heterocycles.